The third kappa shape index (κ3) is 3.46. The number of oxazole rings is 1. The highest BCUT2D eigenvalue weighted by molar-refractivity contribution is 5.91. The molecule has 26 heavy (non-hydrogen) atoms. The van der Waals surface area contributed by atoms with Gasteiger partial charge in [0.2, 0.25) is 11.9 Å². The fourth-order valence-electron chi connectivity index (χ4n) is 2.60. The third-order valence-corrected chi connectivity index (χ3v) is 3.90. The molecule has 4 rings (SSSR count). The molecule has 0 aliphatic rings. The molecule has 0 saturated heterocycles. The van der Waals surface area contributed by atoms with Crippen LogP contribution in [0.3, 0.4) is 0 Å². The van der Waals surface area contributed by atoms with Crippen molar-refractivity contribution in [3.05, 3.63) is 66.4 Å². The van der Waals surface area contributed by atoms with Gasteiger partial charge in [0.05, 0.1) is 17.2 Å². The number of nitrogens with one attached hydrogen (secondary N) is 2. The Bertz CT molecular complexity index is 1020. The molecule has 0 spiro atoms. The number of hydrogen-bond donors (Lipinski definition) is 2. The van der Waals surface area contributed by atoms with Crippen LogP contribution in [0.15, 0.2) is 59.1 Å². The first-order chi connectivity index (χ1) is 12.7. The fourth-order valence-corrected chi connectivity index (χ4v) is 2.60. The van der Waals surface area contributed by atoms with E-state index in [1.807, 2.05) is 24.3 Å². The van der Waals surface area contributed by atoms with Gasteiger partial charge in [-0.3, -0.25) is 10.1 Å². The van der Waals surface area contributed by atoms with Crippen LogP contribution in [-0.4, -0.2) is 20.9 Å². The molecule has 0 saturated carbocycles. The van der Waals surface area contributed by atoms with Gasteiger partial charge < -0.3 is 9.40 Å². The van der Waals surface area contributed by atoms with E-state index < -0.39 is 0 Å². The standard InChI is InChI=1S/C19H15FN4O2/c20-13-7-5-12(6-8-13)16-11-21-18(26-16)10-9-17(25)24-19-22-14-3-1-2-4-15(14)23-19/h1-8,11H,9-10H2,(H2,22,23,24,25). The lowest BCUT2D eigenvalue weighted by molar-refractivity contribution is -0.116. The summed E-state index contributed by atoms with van der Waals surface area (Å²) in [7, 11) is 0. The van der Waals surface area contributed by atoms with Crippen LogP contribution in [0.1, 0.15) is 12.3 Å². The number of carbonyl (C=O) groups is 1. The first-order valence-corrected chi connectivity index (χ1v) is 8.12. The van der Waals surface area contributed by atoms with Crippen molar-refractivity contribution in [2.24, 2.45) is 0 Å². The summed E-state index contributed by atoms with van der Waals surface area (Å²) in [6.45, 7) is 0. The number of aromatic nitrogens is 3. The molecule has 2 aromatic carbocycles. The molecule has 0 unspecified atom stereocenters. The maximum Gasteiger partial charge on any atom is 0.227 e. The Hall–Kier alpha value is -3.48. The maximum atomic E-state index is 13.0. The van der Waals surface area contributed by atoms with E-state index in [1.54, 1.807) is 18.3 Å². The maximum absolute atomic E-state index is 13.0. The molecule has 0 atom stereocenters. The number of aromatic amines is 1. The van der Waals surface area contributed by atoms with E-state index >= 15 is 0 Å². The number of benzene rings is 2. The number of amides is 1. The number of halogens is 1. The summed E-state index contributed by atoms with van der Waals surface area (Å²) in [6, 6.07) is 13.5. The molecule has 7 heteroatoms. The van der Waals surface area contributed by atoms with Crippen LogP contribution in [0, 0.1) is 5.82 Å². The number of rotatable bonds is 5. The number of H-pyrrole nitrogens is 1. The normalized spacial score (nSPS) is 11.0. The number of carbonyl (C=O) groups excluding carboxylic acids is 1. The van der Waals surface area contributed by atoms with Crippen LogP contribution in [-0.2, 0) is 11.2 Å². The number of hydrogen-bond acceptors (Lipinski definition) is 4. The third-order valence-electron chi connectivity index (χ3n) is 3.90. The first kappa shape index (κ1) is 16.0. The Morgan fingerprint density at radius 2 is 1.96 bits per heavy atom. The lowest BCUT2D eigenvalue weighted by atomic mass is 10.2. The zero-order valence-corrected chi connectivity index (χ0v) is 13.7. The predicted molar refractivity (Wildman–Crippen MR) is 94.9 cm³/mol. The molecule has 0 fully saturated rings. The van der Waals surface area contributed by atoms with Crippen molar-refractivity contribution in [3.8, 4) is 11.3 Å². The second-order valence-electron chi connectivity index (χ2n) is 5.78. The Morgan fingerprint density at radius 1 is 1.15 bits per heavy atom. The van der Waals surface area contributed by atoms with Crippen LogP contribution in [0.5, 0.6) is 0 Å². The van der Waals surface area contributed by atoms with Crippen molar-refractivity contribution in [2.75, 3.05) is 5.32 Å². The topological polar surface area (TPSA) is 83.8 Å². The Morgan fingerprint density at radius 3 is 2.77 bits per heavy atom. The Balaban J connectivity index is 1.36. The molecule has 130 valence electrons. The summed E-state index contributed by atoms with van der Waals surface area (Å²) >= 11 is 0. The highest BCUT2D eigenvalue weighted by Gasteiger charge is 2.11. The quantitative estimate of drug-likeness (QED) is 0.571. The molecule has 2 heterocycles. The molecule has 0 aliphatic heterocycles. The number of fused-ring (bicyclic) bond motifs is 1. The van der Waals surface area contributed by atoms with E-state index in [1.165, 1.54) is 12.1 Å². The molecule has 0 bridgehead atoms. The van der Waals surface area contributed by atoms with Crippen LogP contribution < -0.4 is 5.32 Å². The van der Waals surface area contributed by atoms with Gasteiger partial charge >= 0.3 is 0 Å². The van der Waals surface area contributed by atoms with Gasteiger partial charge in [0.15, 0.2) is 11.7 Å². The Labute approximate surface area is 148 Å². The van der Waals surface area contributed by atoms with Crippen molar-refractivity contribution < 1.29 is 13.6 Å². The highest BCUT2D eigenvalue weighted by atomic mass is 19.1. The van der Waals surface area contributed by atoms with Crippen LogP contribution in [0.4, 0.5) is 10.3 Å². The largest absolute Gasteiger partial charge is 0.441 e. The zero-order valence-electron chi connectivity index (χ0n) is 13.7. The van der Waals surface area contributed by atoms with Crippen LogP contribution in [0.25, 0.3) is 22.4 Å². The summed E-state index contributed by atoms with van der Waals surface area (Å²) in [4.78, 5) is 23.6. The zero-order chi connectivity index (χ0) is 17.9. The van der Waals surface area contributed by atoms with Crippen molar-refractivity contribution in [3.63, 3.8) is 0 Å². The van der Waals surface area contributed by atoms with Gasteiger partial charge in [-0.05, 0) is 36.4 Å². The van der Waals surface area contributed by atoms with Gasteiger partial charge in [-0.1, -0.05) is 12.1 Å². The van der Waals surface area contributed by atoms with E-state index in [2.05, 4.69) is 20.3 Å². The number of aryl methyl sites for hydroxylation is 1. The second kappa shape index (κ2) is 6.79. The van der Waals surface area contributed by atoms with Crippen LogP contribution in [0.2, 0.25) is 0 Å². The molecule has 1 amide bonds. The smallest absolute Gasteiger partial charge is 0.227 e. The van der Waals surface area contributed by atoms with Crippen LogP contribution >= 0.6 is 0 Å². The minimum absolute atomic E-state index is 0.189. The predicted octanol–water partition coefficient (Wildman–Crippen LogP) is 3.93. The summed E-state index contributed by atoms with van der Waals surface area (Å²) in [5.41, 5.74) is 2.38. The lowest BCUT2D eigenvalue weighted by Crippen LogP contribution is -2.13. The van der Waals surface area contributed by atoms with Gasteiger partial charge in [0, 0.05) is 18.4 Å². The fraction of sp³-hybridized carbons (Fsp3) is 0.105. The van der Waals surface area contributed by atoms with Gasteiger partial charge in [0.1, 0.15) is 5.82 Å². The molecule has 2 N–H and O–H groups in total. The van der Waals surface area contributed by atoms with Gasteiger partial charge in [-0.15, -0.1) is 0 Å². The summed E-state index contributed by atoms with van der Waals surface area (Å²) in [6.07, 6.45) is 2.13. The minimum atomic E-state index is -0.309. The van der Waals surface area contributed by atoms with E-state index in [0.29, 0.717) is 24.0 Å². The molecule has 2 aromatic heterocycles. The van der Waals surface area contributed by atoms with Crippen molar-refractivity contribution in [1.29, 1.82) is 0 Å². The van der Waals surface area contributed by atoms with E-state index in [-0.39, 0.29) is 18.1 Å². The van der Waals surface area contributed by atoms with Crippen molar-refractivity contribution in [2.45, 2.75) is 12.8 Å². The molecular weight excluding hydrogens is 335 g/mol. The molecular formula is C19H15FN4O2. The minimum Gasteiger partial charge on any atom is -0.441 e. The van der Waals surface area contributed by atoms with E-state index in [0.717, 1.165) is 16.6 Å². The average Bonchev–Trinajstić information content (AvgIpc) is 3.27. The van der Waals surface area contributed by atoms with E-state index in [9.17, 15) is 9.18 Å². The van der Waals surface area contributed by atoms with Gasteiger partial charge in [-0.25, -0.2) is 14.4 Å². The molecule has 6 nitrogen and oxygen atoms in total. The Kier molecular flexibility index (Phi) is 4.18. The molecule has 0 radical (unpaired) electrons. The highest BCUT2D eigenvalue weighted by Crippen LogP contribution is 2.21. The molecule has 0 aliphatic carbocycles. The SMILES string of the molecule is O=C(CCc1ncc(-c2ccc(F)cc2)o1)Nc1nc2ccccc2[nH]1. The number of anilines is 1. The summed E-state index contributed by atoms with van der Waals surface area (Å²) < 4.78 is 18.6. The van der Waals surface area contributed by atoms with Gasteiger partial charge in [-0.2, -0.15) is 0 Å². The summed E-state index contributed by atoms with van der Waals surface area (Å²) in [5.74, 6) is 0.902. The molecule has 4 aromatic rings. The monoisotopic (exact) mass is 350 g/mol. The van der Waals surface area contributed by atoms with Crippen molar-refractivity contribution >= 4 is 22.9 Å². The number of para-hydroxylation sites is 2. The van der Waals surface area contributed by atoms with Gasteiger partial charge in [0.25, 0.3) is 0 Å². The lowest BCUT2D eigenvalue weighted by Gasteiger charge is -2.00. The van der Waals surface area contributed by atoms with E-state index in [4.69, 9.17) is 4.42 Å². The average molecular weight is 350 g/mol. The summed E-state index contributed by atoms with van der Waals surface area (Å²) in [5, 5.41) is 2.73. The first-order valence-electron chi connectivity index (χ1n) is 8.12. The van der Waals surface area contributed by atoms with Crippen molar-refractivity contribution in [1.82, 2.24) is 15.0 Å². The number of nitrogens with zero attached hydrogens (tertiary/aromatic N) is 2. The number of imidazole rings is 1. The second-order valence-corrected chi connectivity index (χ2v) is 5.78.